The molecule has 2 amide bonds. The zero-order valence-corrected chi connectivity index (χ0v) is 45.7. The number of aromatic hydroxyl groups is 2. The van der Waals surface area contributed by atoms with E-state index in [-0.39, 0.29) is 47.0 Å². The molecule has 2 aliphatic heterocycles. The van der Waals surface area contributed by atoms with Crippen LogP contribution in [0.4, 0.5) is 26.3 Å². The number of carbonyl (C=O) groups is 3. The largest absolute Gasteiger partial charge is 0.508 e. The van der Waals surface area contributed by atoms with Crippen LogP contribution in [0.5, 0.6) is 11.5 Å². The fraction of sp³-hybridized carbons (Fsp3) is 0.357. The van der Waals surface area contributed by atoms with E-state index < -0.39 is 36.8 Å². The SMILES string of the molecule is Cc1sc2c(c1C)C(c1ccc(Cl)cc1)=N[C@@H](CC(=O)NCCc1ccc(CN3CCC(Cc4ccc(-n5c(C(=O)NCC(F)(F)F)nnc5-c5cc(C(C)C)c(O)cc5O)cc4)CC3)cc1)c1nnc(C)n1-2.O=C(O)C(F)(F)F. The fourth-order valence-electron chi connectivity index (χ4n) is 9.60. The highest BCUT2D eigenvalue weighted by molar-refractivity contribution is 7.15. The van der Waals surface area contributed by atoms with Gasteiger partial charge in [0.25, 0.3) is 5.91 Å². The second-order valence-corrected chi connectivity index (χ2v) is 21.6. The molecule has 24 heteroatoms. The number of alkyl halides is 6. The topological polar surface area (TPSA) is 213 Å². The highest BCUT2D eigenvalue weighted by Crippen LogP contribution is 2.41. The van der Waals surface area contributed by atoms with Crippen molar-refractivity contribution in [2.75, 3.05) is 26.2 Å². The molecule has 0 saturated carbocycles. The fourth-order valence-corrected chi connectivity index (χ4v) is 10.9. The molecule has 5 N–H and O–H groups in total. The van der Waals surface area contributed by atoms with Gasteiger partial charge in [0.15, 0.2) is 11.6 Å². The van der Waals surface area contributed by atoms with Crippen LogP contribution in [0.3, 0.4) is 0 Å². The number of hydrogen-bond donors (Lipinski definition) is 5. The third-order valence-electron chi connectivity index (χ3n) is 13.9. The van der Waals surface area contributed by atoms with Crippen LogP contribution in [0.15, 0.2) is 89.9 Å². The molecule has 0 radical (unpaired) electrons. The molecule has 2 aliphatic rings. The van der Waals surface area contributed by atoms with Gasteiger partial charge in [-0.1, -0.05) is 74.0 Å². The van der Waals surface area contributed by atoms with Crippen LogP contribution in [0.2, 0.25) is 5.02 Å². The number of thiophene rings is 1. The Bertz CT molecular complexity index is 3410. The van der Waals surface area contributed by atoms with Crippen molar-refractivity contribution >= 4 is 46.4 Å². The number of fused-ring (bicyclic) bond motifs is 3. The van der Waals surface area contributed by atoms with Crippen LogP contribution >= 0.6 is 22.9 Å². The molecule has 0 spiro atoms. The predicted octanol–water partition coefficient (Wildman–Crippen LogP) is 10.7. The van der Waals surface area contributed by atoms with Crippen molar-refractivity contribution in [3.63, 3.8) is 0 Å². The standard InChI is InChI=1S/C54H56ClF3N10O4S.C2HF3O2/c1-30(2)41-25-42(45(70)27-44(41)69)49-63-65-51(52(72)60-29-54(56,57)58)68(49)40-16-10-35(11-17-40)24-36-19-22-66(23-20-36)28-37-8-6-34(7-9-37)18-21-59-46(71)26-43-50-64-62-33(5)67(50)53-47(31(3)32(4)73-53)48(61-43)38-12-14-39(55)15-13-38;3-2(4,5)1(6)7/h6-17,25,27,30,36,43,69-70H,18-24,26,28-29H2,1-5H3,(H,59,71)(H,60,72);(H,6,7)/t43-;/m0./s1. The van der Waals surface area contributed by atoms with Gasteiger partial charge in [-0.25, -0.2) is 4.79 Å². The summed E-state index contributed by atoms with van der Waals surface area (Å²) in [6, 6.07) is 25.7. The minimum atomic E-state index is -5.08. The Morgan fingerprint density at radius 2 is 1.44 bits per heavy atom. The number of likely N-dealkylation sites (tertiary alicyclic amines) is 1. The molecule has 7 aromatic rings. The second-order valence-electron chi connectivity index (χ2n) is 20.0. The van der Waals surface area contributed by atoms with E-state index in [2.05, 4.69) is 68.7 Å². The number of benzene rings is 4. The van der Waals surface area contributed by atoms with Gasteiger partial charge in [0, 0.05) is 45.9 Å². The van der Waals surface area contributed by atoms with Crippen LogP contribution < -0.4 is 10.6 Å². The number of hydrogen-bond acceptors (Lipinski definition) is 12. The summed E-state index contributed by atoms with van der Waals surface area (Å²) in [5.74, 6) is -3.09. The number of carboxylic acid groups (broad SMARTS) is 1. The van der Waals surface area contributed by atoms with Crippen LogP contribution in [0.25, 0.3) is 22.1 Å². The number of phenolic OH excluding ortho intramolecular Hbond substituents is 2. The van der Waals surface area contributed by atoms with Gasteiger partial charge in [-0.15, -0.1) is 31.7 Å². The number of piperidine rings is 1. The molecule has 1 atom stereocenters. The molecule has 80 heavy (non-hydrogen) atoms. The maximum Gasteiger partial charge on any atom is 0.490 e. The Balaban J connectivity index is 0.00000113. The summed E-state index contributed by atoms with van der Waals surface area (Å²) < 4.78 is 74.3. The van der Waals surface area contributed by atoms with E-state index in [1.54, 1.807) is 29.5 Å². The number of rotatable bonds is 15. The number of nitrogens with one attached hydrogen (secondary N) is 2. The molecule has 0 bridgehead atoms. The van der Waals surface area contributed by atoms with Crippen LogP contribution in [-0.4, -0.2) is 112 Å². The van der Waals surface area contributed by atoms with Crippen molar-refractivity contribution in [3.8, 4) is 33.6 Å². The highest BCUT2D eigenvalue weighted by atomic mass is 35.5. The van der Waals surface area contributed by atoms with Gasteiger partial charge in [0.05, 0.1) is 17.7 Å². The Morgan fingerprint density at radius 1 is 0.800 bits per heavy atom. The lowest BCUT2D eigenvalue weighted by Gasteiger charge is -2.32. The van der Waals surface area contributed by atoms with E-state index in [0.29, 0.717) is 41.0 Å². The van der Waals surface area contributed by atoms with Crippen LogP contribution in [-0.2, 0) is 29.0 Å². The van der Waals surface area contributed by atoms with Gasteiger partial charge in [0.1, 0.15) is 34.9 Å². The molecule has 422 valence electrons. The van der Waals surface area contributed by atoms with E-state index in [4.69, 9.17) is 26.5 Å². The molecule has 16 nitrogen and oxygen atoms in total. The van der Waals surface area contributed by atoms with Gasteiger partial charge in [-0.3, -0.25) is 28.6 Å². The molecule has 1 saturated heterocycles. The van der Waals surface area contributed by atoms with E-state index in [1.165, 1.54) is 21.1 Å². The number of aryl methyl sites for hydroxylation is 2. The van der Waals surface area contributed by atoms with Crippen LogP contribution in [0, 0.1) is 26.7 Å². The highest BCUT2D eigenvalue weighted by Gasteiger charge is 2.38. The quantitative estimate of drug-likeness (QED) is 0.0609. The van der Waals surface area contributed by atoms with Crippen molar-refractivity contribution < 1.29 is 56.0 Å². The average Bonchev–Trinajstić information content (AvgIpc) is 4.09. The number of nitrogens with zero attached hydrogens (tertiary/aromatic N) is 8. The van der Waals surface area contributed by atoms with E-state index in [1.807, 2.05) is 67.1 Å². The first-order chi connectivity index (χ1) is 37.8. The molecule has 0 unspecified atom stereocenters. The third kappa shape index (κ3) is 13.8. The van der Waals surface area contributed by atoms with Crippen LogP contribution in [0.1, 0.15) is 111 Å². The van der Waals surface area contributed by atoms with E-state index >= 15 is 0 Å². The molecule has 3 aromatic heterocycles. The number of aromatic nitrogens is 6. The maximum atomic E-state index is 13.6. The lowest BCUT2D eigenvalue weighted by Crippen LogP contribution is -2.35. The van der Waals surface area contributed by atoms with Gasteiger partial charge < -0.3 is 26.0 Å². The molecule has 5 heterocycles. The summed E-state index contributed by atoms with van der Waals surface area (Å²) in [5.41, 5.74) is 8.35. The normalized spacial score (nSPS) is 14.9. The lowest BCUT2D eigenvalue weighted by atomic mass is 9.90. The summed E-state index contributed by atoms with van der Waals surface area (Å²) in [4.78, 5) is 44.4. The van der Waals surface area contributed by atoms with Gasteiger partial charge in [-0.05, 0) is 130 Å². The predicted molar refractivity (Wildman–Crippen MR) is 289 cm³/mol. The Labute approximate surface area is 465 Å². The van der Waals surface area contributed by atoms with E-state index in [9.17, 15) is 46.1 Å². The molecule has 1 fully saturated rings. The van der Waals surface area contributed by atoms with Crippen molar-refractivity contribution in [3.05, 3.63) is 151 Å². The summed E-state index contributed by atoms with van der Waals surface area (Å²) in [7, 11) is 0. The molecule has 0 aliphatic carbocycles. The van der Waals surface area contributed by atoms with E-state index in [0.717, 1.165) is 83.3 Å². The Morgan fingerprint density at radius 3 is 2.06 bits per heavy atom. The first-order valence-electron chi connectivity index (χ1n) is 25.5. The molecule has 4 aromatic carbocycles. The minimum Gasteiger partial charge on any atom is -0.508 e. The van der Waals surface area contributed by atoms with Crippen molar-refractivity contribution in [2.45, 2.75) is 97.6 Å². The summed E-state index contributed by atoms with van der Waals surface area (Å²) in [6.07, 6.45) is -6.12. The molecular formula is C56H57ClF6N10O6S. The third-order valence-corrected chi connectivity index (χ3v) is 15.3. The number of aliphatic carboxylic acids is 1. The lowest BCUT2D eigenvalue weighted by molar-refractivity contribution is -0.192. The Kier molecular flexibility index (Phi) is 17.8. The summed E-state index contributed by atoms with van der Waals surface area (Å²) in [6.45, 7) is 11.4. The smallest absolute Gasteiger partial charge is 0.490 e. The van der Waals surface area contributed by atoms with Crippen molar-refractivity contribution in [2.24, 2.45) is 10.9 Å². The minimum absolute atomic E-state index is 0.0307. The van der Waals surface area contributed by atoms with Gasteiger partial charge >= 0.3 is 18.3 Å². The molecule has 9 rings (SSSR count). The maximum absolute atomic E-state index is 13.6. The first-order valence-corrected chi connectivity index (χ1v) is 26.7. The summed E-state index contributed by atoms with van der Waals surface area (Å²) in [5, 5.41) is 52.1. The first kappa shape index (κ1) is 58.5. The number of aliphatic imine (C=N–C) groups is 1. The second kappa shape index (κ2) is 24.4. The molecular weight excluding hydrogens is 1090 g/mol. The number of amides is 2. The summed E-state index contributed by atoms with van der Waals surface area (Å²) >= 11 is 7.94. The number of carbonyl (C=O) groups excluding carboxylic acids is 2. The average molecular weight is 1150 g/mol. The monoisotopic (exact) mass is 1150 g/mol. The number of carboxylic acids is 1. The number of halogens is 7. The zero-order chi connectivity index (χ0) is 57.8. The van der Waals surface area contributed by atoms with Gasteiger partial charge in [-0.2, -0.15) is 26.3 Å². The zero-order valence-electron chi connectivity index (χ0n) is 44.1. The van der Waals surface area contributed by atoms with Crippen molar-refractivity contribution in [1.29, 1.82) is 0 Å². The number of phenols is 2. The van der Waals surface area contributed by atoms with Crippen molar-refractivity contribution in [1.82, 2.24) is 45.1 Å². The Hall–Kier alpha value is -7.63. The van der Waals surface area contributed by atoms with Gasteiger partial charge in [0.2, 0.25) is 11.7 Å².